The van der Waals surface area contributed by atoms with E-state index in [9.17, 15) is 66.3 Å². The minimum atomic E-state index is -8.30. The highest BCUT2D eigenvalue weighted by Crippen LogP contribution is 2.62. The Morgan fingerprint density at radius 1 is 0.750 bits per heavy atom. The van der Waals surface area contributed by atoms with E-state index in [1.165, 1.54) is 0 Å². The first-order chi connectivity index (χ1) is 13.9. The minimum absolute atomic E-state index is 0.0707. The number of halogens is 15. The van der Waals surface area contributed by atoms with Crippen LogP contribution in [0, 0.1) is 6.92 Å². The number of alkyl halides is 15. The summed E-state index contributed by atoms with van der Waals surface area (Å²) < 4.78 is 186. The molecule has 18 heteroatoms. The predicted molar refractivity (Wildman–Crippen MR) is 78.1 cm³/mol. The molecule has 1 heterocycles. The third-order valence-electron chi connectivity index (χ3n) is 3.74. The minimum Gasteiger partial charge on any atom is -0.305 e. The van der Waals surface area contributed by atoms with Gasteiger partial charge < -0.3 is 5.32 Å². The average molecular weight is 521 g/mol. The number of anilines is 1. The Bertz CT molecular complexity index is 867. The molecule has 0 unspecified atom stereocenters. The van der Waals surface area contributed by atoms with Crippen molar-refractivity contribution in [2.45, 2.75) is 47.8 Å². The summed E-state index contributed by atoms with van der Waals surface area (Å²) in [6.07, 6.45) is 0. The van der Waals surface area contributed by atoms with Crippen molar-refractivity contribution in [1.29, 1.82) is 0 Å². The summed E-state index contributed by atoms with van der Waals surface area (Å²) in [5.74, 6) is -51.6. The van der Waals surface area contributed by atoms with Crippen LogP contribution in [0.5, 0.6) is 0 Å². The van der Waals surface area contributed by atoms with Gasteiger partial charge in [0.15, 0.2) is 0 Å². The highest BCUT2D eigenvalue weighted by Gasteiger charge is 2.93. The van der Waals surface area contributed by atoms with Crippen LogP contribution in [0.4, 0.5) is 67.3 Å². The van der Waals surface area contributed by atoms with Crippen LogP contribution >= 0.6 is 11.6 Å². The SMILES string of the molecule is Cc1cccc(NC(=O)C(F)(F)C(F)(F)C(F)(F)C(F)(F)C(F)(F)C(F)(F)C(F)(F)Cl)n1. The van der Waals surface area contributed by atoms with Gasteiger partial charge in [-0.2, -0.15) is 61.5 Å². The van der Waals surface area contributed by atoms with Crippen molar-refractivity contribution in [3.05, 3.63) is 23.9 Å². The molecule has 0 aromatic carbocycles. The topological polar surface area (TPSA) is 42.0 Å². The van der Waals surface area contributed by atoms with Crippen LogP contribution in [-0.4, -0.2) is 51.8 Å². The van der Waals surface area contributed by atoms with Crippen LogP contribution in [0.3, 0.4) is 0 Å². The van der Waals surface area contributed by atoms with Crippen LogP contribution < -0.4 is 5.32 Å². The van der Waals surface area contributed by atoms with E-state index in [2.05, 4.69) is 16.6 Å². The van der Waals surface area contributed by atoms with Gasteiger partial charge in [-0.3, -0.25) is 4.79 Å². The van der Waals surface area contributed by atoms with E-state index in [0.29, 0.717) is 6.07 Å². The second-order valence-corrected chi connectivity index (χ2v) is 6.54. The molecule has 0 saturated heterocycles. The first-order valence-electron chi connectivity index (χ1n) is 7.48. The van der Waals surface area contributed by atoms with Crippen molar-refractivity contribution in [1.82, 2.24) is 4.98 Å². The van der Waals surface area contributed by atoms with Crippen molar-refractivity contribution >= 4 is 23.3 Å². The van der Waals surface area contributed by atoms with Crippen LogP contribution in [0.1, 0.15) is 5.69 Å². The summed E-state index contributed by atoms with van der Waals surface area (Å²) in [7, 11) is 0. The fourth-order valence-corrected chi connectivity index (χ4v) is 2.04. The zero-order valence-corrected chi connectivity index (χ0v) is 15.5. The number of hydrogen-bond donors (Lipinski definition) is 1. The quantitative estimate of drug-likeness (QED) is 0.339. The van der Waals surface area contributed by atoms with E-state index < -0.39 is 52.6 Å². The van der Waals surface area contributed by atoms with Gasteiger partial charge in [-0.15, -0.1) is 0 Å². The van der Waals surface area contributed by atoms with Gasteiger partial charge in [-0.1, -0.05) is 6.07 Å². The molecule has 0 aliphatic carbocycles. The molecule has 0 aliphatic rings. The number of pyridine rings is 1. The van der Waals surface area contributed by atoms with E-state index >= 15 is 0 Å². The molecule has 0 atom stereocenters. The summed E-state index contributed by atoms with van der Waals surface area (Å²) in [6, 6.07) is 2.75. The lowest BCUT2D eigenvalue weighted by atomic mass is 9.91. The Morgan fingerprint density at radius 3 is 1.56 bits per heavy atom. The van der Waals surface area contributed by atoms with Gasteiger partial charge in [0.05, 0.1) is 0 Å². The third kappa shape index (κ3) is 3.91. The zero-order chi connectivity index (χ0) is 25.8. The third-order valence-corrected chi connectivity index (χ3v) is 3.98. The van der Waals surface area contributed by atoms with Crippen LogP contribution in [0.2, 0.25) is 0 Å². The van der Waals surface area contributed by atoms with Crippen molar-refractivity contribution < 1.29 is 66.3 Å². The Morgan fingerprint density at radius 2 is 1.16 bits per heavy atom. The lowest BCUT2D eigenvalue weighted by Crippen LogP contribution is -2.73. The molecule has 184 valence electrons. The summed E-state index contributed by atoms with van der Waals surface area (Å²) in [4.78, 5) is 14.6. The zero-order valence-electron chi connectivity index (χ0n) is 14.8. The number of nitrogens with one attached hydrogen (secondary N) is 1. The molecule has 1 aromatic heterocycles. The lowest BCUT2D eigenvalue weighted by molar-refractivity contribution is -0.431. The van der Waals surface area contributed by atoms with Crippen LogP contribution in [0.25, 0.3) is 0 Å². The maximum atomic E-state index is 13.7. The largest absolute Gasteiger partial charge is 0.393 e. The molecular weight excluding hydrogens is 514 g/mol. The normalized spacial score (nSPS) is 15.0. The summed E-state index contributed by atoms with van der Waals surface area (Å²) in [5, 5.41) is -5.91. The molecule has 0 aliphatic heterocycles. The molecule has 1 rings (SSSR count). The summed E-state index contributed by atoms with van der Waals surface area (Å²) >= 11 is 3.47. The van der Waals surface area contributed by atoms with E-state index in [0.717, 1.165) is 24.4 Å². The van der Waals surface area contributed by atoms with Gasteiger partial charge in [0.25, 0.3) is 0 Å². The lowest BCUT2D eigenvalue weighted by Gasteiger charge is -2.41. The summed E-state index contributed by atoms with van der Waals surface area (Å²) in [6.45, 7) is 1.16. The predicted octanol–water partition coefficient (Wildman–Crippen LogP) is 5.97. The number of aromatic nitrogens is 1. The number of aryl methyl sites for hydroxylation is 1. The molecule has 0 saturated carbocycles. The maximum absolute atomic E-state index is 13.7. The molecule has 0 radical (unpaired) electrons. The van der Waals surface area contributed by atoms with E-state index in [-0.39, 0.29) is 5.69 Å². The first-order valence-corrected chi connectivity index (χ1v) is 7.86. The molecule has 32 heavy (non-hydrogen) atoms. The Hall–Kier alpha value is -2.07. The maximum Gasteiger partial charge on any atom is 0.393 e. The molecule has 1 N–H and O–H groups in total. The van der Waals surface area contributed by atoms with Gasteiger partial charge in [0.1, 0.15) is 5.82 Å². The van der Waals surface area contributed by atoms with Gasteiger partial charge in [-0.05, 0) is 30.7 Å². The van der Waals surface area contributed by atoms with Gasteiger partial charge in [0.2, 0.25) is 0 Å². The highest BCUT2D eigenvalue weighted by molar-refractivity contribution is 6.22. The second kappa shape index (κ2) is 7.76. The Balaban J connectivity index is 3.49. The average Bonchev–Trinajstić information content (AvgIpc) is 2.59. The number of rotatable bonds is 8. The molecule has 0 spiro atoms. The molecule has 0 fully saturated rings. The smallest absolute Gasteiger partial charge is 0.305 e. The van der Waals surface area contributed by atoms with E-state index in [1.807, 2.05) is 0 Å². The van der Waals surface area contributed by atoms with Gasteiger partial charge in [0, 0.05) is 5.69 Å². The van der Waals surface area contributed by atoms with E-state index in [4.69, 9.17) is 0 Å². The fourth-order valence-electron chi connectivity index (χ4n) is 1.92. The summed E-state index contributed by atoms with van der Waals surface area (Å²) in [5.41, 5.74) is -0.0707. The molecule has 0 bridgehead atoms. The van der Waals surface area contributed by atoms with Crippen LogP contribution in [0.15, 0.2) is 18.2 Å². The van der Waals surface area contributed by atoms with Gasteiger partial charge in [-0.25, -0.2) is 4.98 Å². The monoisotopic (exact) mass is 520 g/mol. The van der Waals surface area contributed by atoms with E-state index in [1.54, 1.807) is 0 Å². The number of hydrogen-bond acceptors (Lipinski definition) is 2. The van der Waals surface area contributed by atoms with Crippen molar-refractivity contribution in [2.75, 3.05) is 5.32 Å². The Kier molecular flexibility index (Phi) is 6.78. The fraction of sp³-hybridized carbons (Fsp3) is 0.571. The second-order valence-electron chi connectivity index (χ2n) is 6.06. The van der Waals surface area contributed by atoms with Crippen molar-refractivity contribution in [2.24, 2.45) is 0 Å². The molecule has 1 aromatic rings. The molecule has 3 nitrogen and oxygen atoms in total. The van der Waals surface area contributed by atoms with Crippen LogP contribution in [-0.2, 0) is 4.79 Å². The Labute approximate surface area is 172 Å². The molecular formula is C14H7ClF14N2O. The number of carbonyl (C=O) groups excluding carboxylic acids is 1. The number of carbonyl (C=O) groups is 1. The van der Waals surface area contributed by atoms with Crippen molar-refractivity contribution in [3.8, 4) is 0 Å². The van der Waals surface area contributed by atoms with Gasteiger partial charge >= 0.3 is 46.8 Å². The van der Waals surface area contributed by atoms with Crippen molar-refractivity contribution in [3.63, 3.8) is 0 Å². The standard InChI is InChI=1S/C14H7ClF14N2O/c1-5-3-2-4-6(30-5)31-7(32)8(16,17)9(18,19)10(20,21)11(22,23)12(24,25)13(26,27)14(15,28)29/h2-4H,1H3,(H,30,31,32). The number of amides is 1. The molecule has 1 amide bonds. The number of nitrogens with zero attached hydrogens (tertiary/aromatic N) is 1. The highest BCUT2D eigenvalue weighted by atomic mass is 35.5. The first kappa shape index (κ1) is 28.0.